The van der Waals surface area contributed by atoms with Gasteiger partial charge in [-0.3, -0.25) is 9.69 Å². The Morgan fingerprint density at radius 3 is 2.65 bits per heavy atom. The van der Waals surface area contributed by atoms with E-state index in [-0.39, 0.29) is 11.9 Å². The minimum Gasteiger partial charge on any atom is -0.324 e. The maximum absolute atomic E-state index is 12.6. The molecule has 124 valence electrons. The average molecular weight is 313 g/mol. The fourth-order valence-electron chi connectivity index (χ4n) is 3.92. The molecule has 1 atom stereocenters. The Balaban J connectivity index is 1.33. The Morgan fingerprint density at radius 2 is 1.87 bits per heavy atom. The Labute approximate surface area is 138 Å². The topological polar surface area (TPSA) is 44.4 Å². The molecule has 1 saturated heterocycles. The quantitative estimate of drug-likeness (QED) is 0.897. The molecular weight excluding hydrogens is 286 g/mol. The number of hydrogen-bond acceptors (Lipinski definition) is 3. The number of fused-ring (bicyclic) bond motifs is 1. The first-order valence-electron chi connectivity index (χ1n) is 9.16. The molecule has 0 spiro atoms. The molecule has 0 bridgehead atoms. The summed E-state index contributed by atoms with van der Waals surface area (Å²) in [6.07, 6.45) is 7.08. The standard InChI is InChI=1S/C19H27N3O/c23-19-18(8-7-15-3-1-2-4-17(15)21-19)22-11-9-16(10-12-22)20-13-14-5-6-14/h1-4,14,16,18,20H,5-13H2,(H,21,23). The van der Waals surface area contributed by atoms with Crippen molar-refractivity contribution in [1.82, 2.24) is 10.2 Å². The van der Waals surface area contributed by atoms with Crippen molar-refractivity contribution in [2.24, 2.45) is 5.92 Å². The van der Waals surface area contributed by atoms with Crippen molar-refractivity contribution in [2.45, 2.75) is 50.6 Å². The van der Waals surface area contributed by atoms with Gasteiger partial charge in [-0.15, -0.1) is 0 Å². The minimum atomic E-state index is 0.0341. The maximum atomic E-state index is 12.6. The van der Waals surface area contributed by atoms with Crippen LogP contribution in [0.15, 0.2) is 24.3 Å². The predicted molar refractivity (Wildman–Crippen MR) is 92.5 cm³/mol. The van der Waals surface area contributed by atoms with E-state index in [0.717, 1.165) is 37.5 Å². The number of rotatable bonds is 4. The lowest BCUT2D eigenvalue weighted by Crippen LogP contribution is -2.50. The third-order valence-electron chi connectivity index (χ3n) is 5.63. The van der Waals surface area contributed by atoms with Crippen molar-refractivity contribution >= 4 is 11.6 Å². The molecule has 1 amide bonds. The smallest absolute Gasteiger partial charge is 0.241 e. The lowest BCUT2D eigenvalue weighted by atomic mass is 9.99. The molecule has 1 aromatic rings. The van der Waals surface area contributed by atoms with E-state index in [1.807, 2.05) is 12.1 Å². The van der Waals surface area contributed by atoms with Gasteiger partial charge in [0.05, 0.1) is 6.04 Å². The van der Waals surface area contributed by atoms with Crippen LogP contribution in [-0.2, 0) is 11.2 Å². The van der Waals surface area contributed by atoms with Gasteiger partial charge in [0.15, 0.2) is 0 Å². The molecule has 1 aliphatic carbocycles. The summed E-state index contributed by atoms with van der Waals surface area (Å²) < 4.78 is 0. The third kappa shape index (κ3) is 3.59. The molecule has 1 saturated carbocycles. The predicted octanol–water partition coefficient (Wildman–Crippen LogP) is 2.40. The number of para-hydroxylation sites is 1. The third-order valence-corrected chi connectivity index (χ3v) is 5.63. The van der Waals surface area contributed by atoms with Crippen LogP contribution in [0.2, 0.25) is 0 Å². The van der Waals surface area contributed by atoms with Gasteiger partial charge >= 0.3 is 0 Å². The highest BCUT2D eigenvalue weighted by Gasteiger charge is 2.32. The van der Waals surface area contributed by atoms with E-state index in [2.05, 4.69) is 27.7 Å². The van der Waals surface area contributed by atoms with Crippen molar-refractivity contribution in [2.75, 3.05) is 25.0 Å². The van der Waals surface area contributed by atoms with Gasteiger partial charge in [-0.1, -0.05) is 18.2 Å². The molecule has 2 aliphatic heterocycles. The van der Waals surface area contributed by atoms with Gasteiger partial charge in [-0.25, -0.2) is 0 Å². The molecule has 2 fully saturated rings. The fraction of sp³-hybridized carbons (Fsp3) is 0.632. The number of hydrogen-bond donors (Lipinski definition) is 2. The van der Waals surface area contributed by atoms with Crippen LogP contribution in [0.4, 0.5) is 5.69 Å². The van der Waals surface area contributed by atoms with E-state index in [1.54, 1.807) is 0 Å². The number of benzene rings is 1. The van der Waals surface area contributed by atoms with Crippen molar-refractivity contribution in [3.8, 4) is 0 Å². The van der Waals surface area contributed by atoms with Crippen LogP contribution < -0.4 is 10.6 Å². The second-order valence-electron chi connectivity index (χ2n) is 7.36. The zero-order chi connectivity index (χ0) is 15.6. The zero-order valence-corrected chi connectivity index (χ0v) is 13.8. The number of carbonyl (C=O) groups excluding carboxylic acids is 1. The number of amides is 1. The minimum absolute atomic E-state index is 0.0341. The molecule has 1 aromatic carbocycles. The van der Waals surface area contributed by atoms with Crippen LogP contribution in [0.1, 0.15) is 37.7 Å². The largest absolute Gasteiger partial charge is 0.324 e. The molecule has 1 unspecified atom stereocenters. The van der Waals surface area contributed by atoms with E-state index in [1.165, 1.54) is 37.8 Å². The first-order chi connectivity index (χ1) is 11.3. The normalized spacial score (nSPS) is 26.4. The van der Waals surface area contributed by atoms with Gasteiger partial charge in [0.2, 0.25) is 5.91 Å². The summed E-state index contributed by atoms with van der Waals surface area (Å²) in [5, 5.41) is 6.85. The molecule has 0 radical (unpaired) electrons. The first-order valence-corrected chi connectivity index (χ1v) is 9.16. The fourth-order valence-corrected chi connectivity index (χ4v) is 3.92. The summed E-state index contributed by atoms with van der Waals surface area (Å²) in [5.74, 6) is 1.12. The summed E-state index contributed by atoms with van der Waals surface area (Å²) in [4.78, 5) is 15.0. The zero-order valence-electron chi connectivity index (χ0n) is 13.8. The van der Waals surface area contributed by atoms with Crippen LogP contribution in [0.3, 0.4) is 0 Å². The Morgan fingerprint density at radius 1 is 1.09 bits per heavy atom. The molecule has 0 aromatic heterocycles. The number of nitrogens with zero attached hydrogens (tertiary/aromatic N) is 1. The Hall–Kier alpha value is -1.39. The number of likely N-dealkylation sites (tertiary alicyclic amines) is 1. The van der Waals surface area contributed by atoms with Crippen LogP contribution in [-0.4, -0.2) is 42.5 Å². The summed E-state index contributed by atoms with van der Waals surface area (Å²) in [6, 6.07) is 8.89. The van der Waals surface area contributed by atoms with Gasteiger partial charge in [-0.05, 0) is 62.6 Å². The van der Waals surface area contributed by atoms with Gasteiger partial charge in [-0.2, -0.15) is 0 Å². The molecule has 4 rings (SSSR count). The summed E-state index contributed by atoms with van der Waals surface area (Å²) in [5.41, 5.74) is 2.27. The number of anilines is 1. The monoisotopic (exact) mass is 313 g/mol. The number of nitrogens with one attached hydrogen (secondary N) is 2. The molecule has 2 heterocycles. The second-order valence-corrected chi connectivity index (χ2v) is 7.36. The average Bonchev–Trinajstić information content (AvgIpc) is 3.40. The van der Waals surface area contributed by atoms with Crippen LogP contribution in [0.25, 0.3) is 0 Å². The highest BCUT2D eigenvalue weighted by molar-refractivity contribution is 5.96. The van der Waals surface area contributed by atoms with Crippen LogP contribution >= 0.6 is 0 Å². The van der Waals surface area contributed by atoms with E-state index in [4.69, 9.17) is 0 Å². The highest BCUT2D eigenvalue weighted by Crippen LogP contribution is 2.29. The SMILES string of the molecule is O=C1Nc2ccccc2CCC1N1CCC(NCC2CC2)CC1. The van der Waals surface area contributed by atoms with Gasteiger partial charge < -0.3 is 10.6 Å². The molecular formula is C19H27N3O. The van der Waals surface area contributed by atoms with Crippen molar-refractivity contribution < 1.29 is 4.79 Å². The van der Waals surface area contributed by atoms with E-state index >= 15 is 0 Å². The van der Waals surface area contributed by atoms with Gasteiger partial charge in [0.25, 0.3) is 0 Å². The van der Waals surface area contributed by atoms with Crippen LogP contribution in [0, 0.1) is 5.92 Å². The summed E-state index contributed by atoms with van der Waals surface area (Å²) >= 11 is 0. The molecule has 3 aliphatic rings. The highest BCUT2D eigenvalue weighted by atomic mass is 16.2. The number of carbonyl (C=O) groups is 1. The summed E-state index contributed by atoms with van der Waals surface area (Å²) in [7, 11) is 0. The summed E-state index contributed by atoms with van der Waals surface area (Å²) in [6.45, 7) is 3.28. The Kier molecular flexibility index (Phi) is 4.36. The van der Waals surface area contributed by atoms with Crippen molar-refractivity contribution in [3.63, 3.8) is 0 Å². The Bertz CT molecular complexity index is 561. The molecule has 23 heavy (non-hydrogen) atoms. The van der Waals surface area contributed by atoms with Crippen LogP contribution in [0.5, 0.6) is 0 Å². The molecule has 2 N–H and O–H groups in total. The van der Waals surface area contributed by atoms with Gasteiger partial charge in [0.1, 0.15) is 0 Å². The van der Waals surface area contributed by atoms with E-state index < -0.39 is 0 Å². The van der Waals surface area contributed by atoms with E-state index in [0.29, 0.717) is 6.04 Å². The lowest BCUT2D eigenvalue weighted by molar-refractivity contribution is -0.121. The van der Waals surface area contributed by atoms with Gasteiger partial charge in [0, 0.05) is 24.8 Å². The van der Waals surface area contributed by atoms with Crippen molar-refractivity contribution in [1.29, 1.82) is 0 Å². The maximum Gasteiger partial charge on any atom is 0.241 e. The van der Waals surface area contributed by atoms with E-state index in [9.17, 15) is 4.79 Å². The lowest BCUT2D eigenvalue weighted by Gasteiger charge is -2.36. The number of aryl methyl sites for hydroxylation is 1. The first kappa shape index (κ1) is 15.2. The number of piperidine rings is 1. The van der Waals surface area contributed by atoms with Crippen molar-refractivity contribution in [3.05, 3.63) is 29.8 Å². The molecule has 4 heteroatoms. The second kappa shape index (κ2) is 6.62. The molecule has 4 nitrogen and oxygen atoms in total.